The van der Waals surface area contributed by atoms with Gasteiger partial charge in [-0.25, -0.2) is 13.1 Å². The van der Waals surface area contributed by atoms with Gasteiger partial charge in [-0.2, -0.15) is 5.10 Å². The van der Waals surface area contributed by atoms with Crippen molar-refractivity contribution in [2.24, 2.45) is 0 Å². The zero-order chi connectivity index (χ0) is 13.9. The largest absolute Gasteiger partial charge is 0.281 e. The summed E-state index contributed by atoms with van der Waals surface area (Å²) in [5.74, 6) is 0. The fourth-order valence-electron chi connectivity index (χ4n) is 1.81. The zero-order valence-corrected chi connectivity index (χ0v) is 11.6. The molecule has 0 aliphatic rings. The van der Waals surface area contributed by atoms with Gasteiger partial charge in [0, 0.05) is 19.3 Å². The van der Waals surface area contributed by atoms with Gasteiger partial charge >= 0.3 is 0 Å². The molecule has 0 spiro atoms. The fourth-order valence-corrected chi connectivity index (χ4v) is 3.25. The Morgan fingerprint density at radius 3 is 2.79 bits per heavy atom. The van der Waals surface area contributed by atoms with E-state index >= 15 is 0 Å². The standard InChI is InChI=1S/C10H16N6O2S/c1-8-10(9(2)14-13-8)19(17,18)12-4-3-6-16-7-5-11-15-16/h5,7,12H,3-4,6H2,1-2H3,(H,13,14). The molecule has 0 saturated heterocycles. The molecule has 8 nitrogen and oxygen atoms in total. The molecule has 0 aliphatic carbocycles. The van der Waals surface area contributed by atoms with Gasteiger partial charge in [0.25, 0.3) is 0 Å². The predicted molar refractivity (Wildman–Crippen MR) is 67.9 cm³/mol. The molecule has 2 rings (SSSR count). The number of sulfonamides is 1. The van der Waals surface area contributed by atoms with Crippen molar-refractivity contribution < 1.29 is 8.42 Å². The van der Waals surface area contributed by atoms with E-state index in [2.05, 4.69) is 25.2 Å². The normalized spacial score (nSPS) is 11.9. The highest BCUT2D eigenvalue weighted by Gasteiger charge is 2.21. The third-order valence-electron chi connectivity index (χ3n) is 2.66. The summed E-state index contributed by atoms with van der Waals surface area (Å²) in [5.41, 5.74) is 1.02. The van der Waals surface area contributed by atoms with Crippen molar-refractivity contribution in [1.29, 1.82) is 0 Å². The first-order valence-corrected chi connectivity index (χ1v) is 7.34. The van der Waals surface area contributed by atoms with E-state index in [-0.39, 0.29) is 4.90 Å². The van der Waals surface area contributed by atoms with Crippen LogP contribution in [-0.2, 0) is 16.6 Å². The summed E-state index contributed by atoms with van der Waals surface area (Å²) in [6.45, 7) is 4.30. The molecule has 9 heteroatoms. The quantitative estimate of drug-likeness (QED) is 0.726. The van der Waals surface area contributed by atoms with Crippen molar-refractivity contribution in [2.75, 3.05) is 6.54 Å². The van der Waals surface area contributed by atoms with Gasteiger partial charge in [0.2, 0.25) is 10.0 Å². The lowest BCUT2D eigenvalue weighted by molar-refractivity contribution is 0.542. The first-order valence-electron chi connectivity index (χ1n) is 5.86. The van der Waals surface area contributed by atoms with Gasteiger partial charge in [-0.1, -0.05) is 5.21 Å². The van der Waals surface area contributed by atoms with Crippen LogP contribution in [0.15, 0.2) is 17.3 Å². The summed E-state index contributed by atoms with van der Waals surface area (Å²) in [5, 5.41) is 14.0. The summed E-state index contributed by atoms with van der Waals surface area (Å²) in [6, 6.07) is 0. The second kappa shape index (κ2) is 5.49. The topological polar surface area (TPSA) is 106 Å². The highest BCUT2D eigenvalue weighted by molar-refractivity contribution is 7.89. The monoisotopic (exact) mass is 284 g/mol. The molecule has 0 amide bonds. The number of nitrogens with zero attached hydrogens (tertiary/aromatic N) is 4. The molecule has 0 atom stereocenters. The average molecular weight is 284 g/mol. The fraction of sp³-hybridized carbons (Fsp3) is 0.500. The highest BCUT2D eigenvalue weighted by Crippen LogP contribution is 2.15. The Bertz CT molecular complexity index is 612. The number of hydrogen-bond acceptors (Lipinski definition) is 5. The van der Waals surface area contributed by atoms with Gasteiger partial charge in [0.05, 0.1) is 17.6 Å². The molecule has 0 aromatic carbocycles. The molecule has 0 radical (unpaired) electrons. The second-order valence-corrected chi connectivity index (χ2v) is 5.88. The SMILES string of the molecule is Cc1n[nH]c(C)c1S(=O)(=O)NCCCn1ccnn1. The van der Waals surface area contributed by atoms with Crippen molar-refractivity contribution in [3.8, 4) is 0 Å². The lowest BCUT2D eigenvalue weighted by Crippen LogP contribution is -2.26. The van der Waals surface area contributed by atoms with Crippen LogP contribution in [0.5, 0.6) is 0 Å². The van der Waals surface area contributed by atoms with Crippen LogP contribution in [0.25, 0.3) is 0 Å². The Morgan fingerprint density at radius 2 is 2.21 bits per heavy atom. The van der Waals surface area contributed by atoms with Crippen molar-refractivity contribution >= 4 is 10.0 Å². The minimum atomic E-state index is -3.51. The van der Waals surface area contributed by atoms with E-state index in [9.17, 15) is 8.42 Å². The molecule has 2 N–H and O–H groups in total. The number of rotatable bonds is 6. The van der Waals surface area contributed by atoms with Crippen LogP contribution in [0.3, 0.4) is 0 Å². The summed E-state index contributed by atoms with van der Waals surface area (Å²) >= 11 is 0. The molecule has 2 aromatic rings. The minimum absolute atomic E-state index is 0.230. The zero-order valence-electron chi connectivity index (χ0n) is 10.8. The maximum atomic E-state index is 12.1. The van der Waals surface area contributed by atoms with E-state index in [1.807, 2.05) is 0 Å². The number of hydrogen-bond donors (Lipinski definition) is 2. The summed E-state index contributed by atoms with van der Waals surface area (Å²) < 4.78 is 28.4. The summed E-state index contributed by atoms with van der Waals surface area (Å²) in [6.07, 6.45) is 3.96. The Morgan fingerprint density at radius 1 is 1.42 bits per heavy atom. The molecule has 104 valence electrons. The molecule has 2 heterocycles. The van der Waals surface area contributed by atoms with Crippen LogP contribution in [0.2, 0.25) is 0 Å². The van der Waals surface area contributed by atoms with Gasteiger partial charge in [-0.05, 0) is 20.3 Å². The third-order valence-corrected chi connectivity index (χ3v) is 4.38. The molecular weight excluding hydrogens is 268 g/mol. The third kappa shape index (κ3) is 3.18. The molecule has 0 saturated carbocycles. The van der Waals surface area contributed by atoms with Crippen LogP contribution >= 0.6 is 0 Å². The van der Waals surface area contributed by atoms with Crippen LogP contribution < -0.4 is 4.72 Å². The van der Waals surface area contributed by atoms with E-state index in [0.29, 0.717) is 30.9 Å². The van der Waals surface area contributed by atoms with E-state index in [1.54, 1.807) is 30.9 Å². The van der Waals surface area contributed by atoms with Gasteiger partial charge < -0.3 is 0 Å². The minimum Gasteiger partial charge on any atom is -0.281 e. The van der Waals surface area contributed by atoms with Crippen molar-refractivity contribution in [3.05, 3.63) is 23.8 Å². The van der Waals surface area contributed by atoms with Gasteiger partial charge in [-0.3, -0.25) is 9.78 Å². The average Bonchev–Trinajstić information content (AvgIpc) is 2.95. The highest BCUT2D eigenvalue weighted by atomic mass is 32.2. The number of nitrogens with one attached hydrogen (secondary N) is 2. The van der Waals surface area contributed by atoms with Crippen molar-refractivity contribution in [1.82, 2.24) is 29.9 Å². The first-order chi connectivity index (χ1) is 9.00. The number of H-pyrrole nitrogens is 1. The Kier molecular flexibility index (Phi) is 3.96. The lowest BCUT2D eigenvalue weighted by atomic mass is 10.4. The van der Waals surface area contributed by atoms with Crippen LogP contribution in [0.1, 0.15) is 17.8 Å². The van der Waals surface area contributed by atoms with E-state index in [0.717, 1.165) is 0 Å². The van der Waals surface area contributed by atoms with Crippen molar-refractivity contribution in [2.45, 2.75) is 31.7 Å². The molecule has 0 bridgehead atoms. The van der Waals surface area contributed by atoms with E-state index in [4.69, 9.17) is 0 Å². The molecule has 0 unspecified atom stereocenters. The molecular formula is C10H16N6O2S. The molecule has 0 fully saturated rings. The second-order valence-electron chi connectivity index (χ2n) is 4.18. The van der Waals surface area contributed by atoms with Crippen molar-refractivity contribution in [3.63, 3.8) is 0 Å². The smallest absolute Gasteiger partial charge is 0.244 e. The lowest BCUT2D eigenvalue weighted by Gasteiger charge is -2.06. The number of aryl methyl sites for hydroxylation is 3. The van der Waals surface area contributed by atoms with Gasteiger partial charge in [0.15, 0.2) is 0 Å². The first kappa shape index (κ1) is 13.7. The summed E-state index contributed by atoms with van der Waals surface area (Å²) in [4.78, 5) is 0.230. The summed E-state index contributed by atoms with van der Waals surface area (Å²) in [7, 11) is -3.51. The Hall–Kier alpha value is -1.74. The van der Waals surface area contributed by atoms with E-state index < -0.39 is 10.0 Å². The van der Waals surface area contributed by atoms with Crippen LogP contribution in [0.4, 0.5) is 0 Å². The van der Waals surface area contributed by atoms with Gasteiger partial charge in [0.1, 0.15) is 4.90 Å². The molecule has 2 aromatic heterocycles. The Labute approximate surface area is 111 Å². The van der Waals surface area contributed by atoms with Gasteiger partial charge in [-0.15, -0.1) is 5.10 Å². The number of aromatic nitrogens is 5. The maximum Gasteiger partial charge on any atom is 0.244 e. The number of aromatic amines is 1. The predicted octanol–water partition coefficient (Wildman–Crippen LogP) is -0.0134. The Balaban J connectivity index is 1.92. The van der Waals surface area contributed by atoms with Crippen LogP contribution in [0, 0.1) is 13.8 Å². The van der Waals surface area contributed by atoms with Crippen LogP contribution in [-0.4, -0.2) is 40.2 Å². The molecule has 0 aliphatic heterocycles. The molecule has 19 heavy (non-hydrogen) atoms. The maximum absolute atomic E-state index is 12.1. The van der Waals surface area contributed by atoms with E-state index in [1.165, 1.54) is 0 Å².